The average molecular weight is 203 g/mol. The third-order valence-electron chi connectivity index (χ3n) is 2.68. The fourth-order valence-electron chi connectivity index (χ4n) is 1.68. The lowest BCUT2D eigenvalue weighted by molar-refractivity contribution is 0.0486. The lowest BCUT2D eigenvalue weighted by atomic mass is 9.82. The van der Waals surface area contributed by atoms with Gasteiger partial charge in [0.25, 0.3) is 0 Å². The molecule has 4 heteroatoms. The molecule has 1 aliphatic rings. The number of aliphatic hydroxyl groups is 1. The molecule has 0 aromatic carbocycles. The van der Waals surface area contributed by atoms with Gasteiger partial charge < -0.3 is 10.4 Å². The summed E-state index contributed by atoms with van der Waals surface area (Å²) in [6.07, 6.45) is 3.20. The van der Waals surface area contributed by atoms with Crippen LogP contribution in [-0.4, -0.2) is 22.7 Å². The van der Waals surface area contributed by atoms with Crippen LogP contribution in [0.5, 0.6) is 0 Å². The van der Waals surface area contributed by atoms with Gasteiger partial charge in [-0.1, -0.05) is 0 Å². The minimum Gasteiger partial charge on any atom is -0.393 e. The van der Waals surface area contributed by atoms with E-state index in [4.69, 9.17) is 10.4 Å². The Balaban J connectivity index is 1.81. The van der Waals surface area contributed by atoms with E-state index in [1.54, 1.807) is 18.3 Å². The first-order valence-electron chi connectivity index (χ1n) is 5.06. The molecule has 1 aliphatic carbocycles. The first-order valence-corrected chi connectivity index (χ1v) is 5.06. The summed E-state index contributed by atoms with van der Waals surface area (Å²) in [5, 5.41) is 20.9. The van der Waals surface area contributed by atoms with Gasteiger partial charge in [-0.3, -0.25) is 0 Å². The number of nitrogens with zero attached hydrogens (tertiary/aromatic N) is 2. The third kappa shape index (κ3) is 2.45. The van der Waals surface area contributed by atoms with Crippen molar-refractivity contribution in [2.75, 3.05) is 11.9 Å². The minimum atomic E-state index is -0.106. The van der Waals surface area contributed by atoms with E-state index >= 15 is 0 Å². The van der Waals surface area contributed by atoms with Gasteiger partial charge in [-0.2, -0.15) is 5.26 Å². The zero-order valence-corrected chi connectivity index (χ0v) is 8.35. The number of nitrogens with one attached hydrogen (secondary N) is 1. The standard InChI is InChI=1S/C11H13N3O/c12-5-8-1-2-11(13-6-8)14-7-9-3-10(15)4-9/h1-2,6,9-10,15H,3-4,7H2,(H,13,14). The summed E-state index contributed by atoms with van der Waals surface area (Å²) in [5.74, 6) is 1.34. The number of rotatable bonds is 3. The molecule has 1 aromatic rings. The summed E-state index contributed by atoms with van der Waals surface area (Å²) in [6.45, 7) is 0.843. The van der Waals surface area contributed by atoms with Crippen molar-refractivity contribution in [2.24, 2.45) is 5.92 Å². The third-order valence-corrected chi connectivity index (χ3v) is 2.68. The van der Waals surface area contributed by atoms with Crippen molar-refractivity contribution in [1.29, 1.82) is 5.26 Å². The van der Waals surface area contributed by atoms with E-state index in [0.717, 1.165) is 25.2 Å². The second-order valence-electron chi connectivity index (χ2n) is 3.92. The van der Waals surface area contributed by atoms with Gasteiger partial charge >= 0.3 is 0 Å². The van der Waals surface area contributed by atoms with Crippen LogP contribution in [0.2, 0.25) is 0 Å². The predicted octanol–water partition coefficient (Wildman–Crippen LogP) is 1.14. The van der Waals surface area contributed by atoms with Gasteiger partial charge in [-0.05, 0) is 30.9 Å². The molecule has 1 saturated carbocycles. The smallest absolute Gasteiger partial charge is 0.125 e. The van der Waals surface area contributed by atoms with Crippen molar-refractivity contribution in [3.8, 4) is 6.07 Å². The van der Waals surface area contributed by atoms with Crippen LogP contribution in [0.3, 0.4) is 0 Å². The Hall–Kier alpha value is -1.60. The van der Waals surface area contributed by atoms with E-state index in [1.807, 2.05) is 6.07 Å². The van der Waals surface area contributed by atoms with Crippen LogP contribution in [0.1, 0.15) is 18.4 Å². The highest BCUT2D eigenvalue weighted by atomic mass is 16.3. The van der Waals surface area contributed by atoms with Crippen molar-refractivity contribution in [2.45, 2.75) is 18.9 Å². The van der Waals surface area contributed by atoms with Crippen LogP contribution >= 0.6 is 0 Å². The summed E-state index contributed by atoms with van der Waals surface area (Å²) >= 11 is 0. The van der Waals surface area contributed by atoms with E-state index < -0.39 is 0 Å². The summed E-state index contributed by atoms with van der Waals surface area (Å²) in [6, 6.07) is 5.56. The maximum atomic E-state index is 9.10. The van der Waals surface area contributed by atoms with E-state index in [1.165, 1.54) is 0 Å². The Kier molecular flexibility index (Phi) is 2.84. The molecule has 1 fully saturated rings. The van der Waals surface area contributed by atoms with Crippen LogP contribution < -0.4 is 5.32 Å². The predicted molar refractivity (Wildman–Crippen MR) is 56.2 cm³/mol. The van der Waals surface area contributed by atoms with Crippen LogP contribution in [0.15, 0.2) is 18.3 Å². The number of anilines is 1. The Morgan fingerprint density at radius 2 is 2.33 bits per heavy atom. The number of hydrogen-bond donors (Lipinski definition) is 2. The summed E-state index contributed by atoms with van der Waals surface area (Å²) < 4.78 is 0. The molecule has 0 bridgehead atoms. The average Bonchev–Trinajstić information content (AvgIpc) is 2.23. The number of pyridine rings is 1. The van der Waals surface area contributed by atoms with Gasteiger partial charge in [0.15, 0.2) is 0 Å². The summed E-state index contributed by atoms with van der Waals surface area (Å²) in [5.41, 5.74) is 0.569. The maximum Gasteiger partial charge on any atom is 0.125 e. The van der Waals surface area contributed by atoms with Crippen molar-refractivity contribution >= 4 is 5.82 Å². The summed E-state index contributed by atoms with van der Waals surface area (Å²) in [4.78, 5) is 4.10. The molecule has 0 amide bonds. The first-order chi connectivity index (χ1) is 7.28. The molecule has 0 saturated heterocycles. The quantitative estimate of drug-likeness (QED) is 0.772. The van der Waals surface area contributed by atoms with Crippen LogP contribution in [0.4, 0.5) is 5.82 Å². The molecule has 0 atom stereocenters. The molecule has 2 N–H and O–H groups in total. The van der Waals surface area contributed by atoms with Crippen LogP contribution in [-0.2, 0) is 0 Å². The normalized spacial score (nSPS) is 24.0. The van der Waals surface area contributed by atoms with Crippen molar-refractivity contribution in [3.05, 3.63) is 23.9 Å². The molecule has 0 spiro atoms. The lowest BCUT2D eigenvalue weighted by Gasteiger charge is -2.31. The van der Waals surface area contributed by atoms with Gasteiger partial charge in [-0.15, -0.1) is 0 Å². The zero-order valence-electron chi connectivity index (χ0n) is 8.35. The van der Waals surface area contributed by atoms with Crippen LogP contribution in [0.25, 0.3) is 0 Å². The topological polar surface area (TPSA) is 68.9 Å². The highest BCUT2D eigenvalue weighted by Gasteiger charge is 2.26. The van der Waals surface area contributed by atoms with Gasteiger partial charge in [0.05, 0.1) is 11.7 Å². The minimum absolute atomic E-state index is 0.106. The number of nitriles is 1. The van der Waals surface area contributed by atoms with E-state index in [-0.39, 0.29) is 6.10 Å². The molecule has 2 rings (SSSR count). The maximum absolute atomic E-state index is 9.10. The molecule has 1 aromatic heterocycles. The van der Waals surface area contributed by atoms with E-state index in [0.29, 0.717) is 11.5 Å². The van der Waals surface area contributed by atoms with Crippen molar-refractivity contribution in [1.82, 2.24) is 4.98 Å². The molecule has 0 radical (unpaired) electrons. The SMILES string of the molecule is N#Cc1ccc(NCC2CC(O)C2)nc1. The zero-order chi connectivity index (χ0) is 10.7. The van der Waals surface area contributed by atoms with Gasteiger partial charge in [-0.25, -0.2) is 4.98 Å². The molecular weight excluding hydrogens is 190 g/mol. The molecule has 15 heavy (non-hydrogen) atoms. The monoisotopic (exact) mass is 203 g/mol. The Labute approximate surface area is 88.6 Å². The summed E-state index contributed by atoms with van der Waals surface area (Å²) in [7, 11) is 0. The largest absolute Gasteiger partial charge is 0.393 e. The van der Waals surface area contributed by atoms with E-state index in [9.17, 15) is 0 Å². The molecule has 1 heterocycles. The second-order valence-corrected chi connectivity index (χ2v) is 3.92. The first kappa shape index (κ1) is 9.94. The Bertz CT molecular complexity index is 362. The number of aliphatic hydroxyl groups excluding tert-OH is 1. The fourth-order valence-corrected chi connectivity index (χ4v) is 1.68. The lowest BCUT2D eigenvalue weighted by Crippen LogP contribution is -2.33. The van der Waals surface area contributed by atoms with Gasteiger partial charge in [0, 0.05) is 12.7 Å². The van der Waals surface area contributed by atoms with Gasteiger partial charge in [0.1, 0.15) is 11.9 Å². The Morgan fingerprint density at radius 3 is 2.87 bits per heavy atom. The molecular formula is C11H13N3O. The molecule has 78 valence electrons. The second kappa shape index (κ2) is 4.28. The number of aromatic nitrogens is 1. The molecule has 0 aliphatic heterocycles. The fraction of sp³-hybridized carbons (Fsp3) is 0.455. The van der Waals surface area contributed by atoms with E-state index in [2.05, 4.69) is 10.3 Å². The molecule has 0 unspecified atom stereocenters. The highest BCUT2D eigenvalue weighted by molar-refractivity contribution is 5.38. The highest BCUT2D eigenvalue weighted by Crippen LogP contribution is 2.26. The Morgan fingerprint density at radius 1 is 1.53 bits per heavy atom. The van der Waals surface area contributed by atoms with Crippen molar-refractivity contribution in [3.63, 3.8) is 0 Å². The van der Waals surface area contributed by atoms with Crippen LogP contribution in [0, 0.1) is 17.2 Å². The van der Waals surface area contributed by atoms with Crippen molar-refractivity contribution < 1.29 is 5.11 Å². The number of hydrogen-bond acceptors (Lipinski definition) is 4. The van der Waals surface area contributed by atoms with Gasteiger partial charge in [0.2, 0.25) is 0 Å². The molecule has 4 nitrogen and oxygen atoms in total.